The fourth-order valence-electron chi connectivity index (χ4n) is 8.73. The molecule has 6 heterocycles. The Morgan fingerprint density at radius 1 is 0.811 bits per heavy atom. The van der Waals surface area contributed by atoms with Crippen LogP contribution >= 0.6 is 23.2 Å². The number of benzene rings is 2. The number of anilines is 2. The maximum absolute atomic E-state index is 14.0. The molecule has 1 aliphatic carbocycles. The summed E-state index contributed by atoms with van der Waals surface area (Å²) in [5.41, 5.74) is 2.84. The van der Waals surface area contributed by atoms with Gasteiger partial charge in [0.25, 0.3) is 22.9 Å². The molecule has 0 saturated heterocycles. The number of amides is 2. The van der Waals surface area contributed by atoms with Gasteiger partial charge in [-0.25, -0.2) is 9.36 Å². The van der Waals surface area contributed by atoms with Crippen molar-refractivity contribution in [2.24, 2.45) is 17.8 Å². The summed E-state index contributed by atoms with van der Waals surface area (Å²) in [4.78, 5) is 54.6. The average molecular weight is 758 g/mol. The summed E-state index contributed by atoms with van der Waals surface area (Å²) >= 11 is 13.7. The van der Waals surface area contributed by atoms with Crippen LogP contribution in [0.3, 0.4) is 0 Å². The highest BCUT2D eigenvalue weighted by molar-refractivity contribution is 6.32. The van der Waals surface area contributed by atoms with Crippen LogP contribution in [0.5, 0.6) is 11.5 Å². The van der Waals surface area contributed by atoms with E-state index in [2.05, 4.69) is 11.2 Å². The van der Waals surface area contributed by atoms with Crippen molar-refractivity contribution < 1.29 is 19.1 Å². The Hall–Kier alpha value is -4.86. The Morgan fingerprint density at radius 3 is 2.19 bits per heavy atom. The van der Waals surface area contributed by atoms with E-state index in [9.17, 15) is 19.2 Å². The Morgan fingerprint density at radius 2 is 1.45 bits per heavy atom. The predicted octanol–water partition coefficient (Wildman–Crippen LogP) is 5.63. The molecule has 2 amide bonds. The van der Waals surface area contributed by atoms with Gasteiger partial charge in [-0.15, -0.1) is 6.42 Å². The van der Waals surface area contributed by atoms with E-state index in [0.29, 0.717) is 93.4 Å². The number of hydrogen-bond donors (Lipinski definition) is 1. The van der Waals surface area contributed by atoms with E-state index in [4.69, 9.17) is 39.1 Å². The molecule has 274 valence electrons. The van der Waals surface area contributed by atoms with Crippen LogP contribution in [0.1, 0.15) is 44.9 Å². The molecule has 2 aromatic heterocycles. The maximum atomic E-state index is 14.0. The largest absolute Gasteiger partial charge is 0.482 e. The van der Waals surface area contributed by atoms with Gasteiger partial charge in [0.1, 0.15) is 21.8 Å². The smallest absolute Gasteiger partial charge is 0.276 e. The van der Waals surface area contributed by atoms with E-state index in [1.807, 2.05) is 21.5 Å². The molecule has 1 N–H and O–H groups in total. The lowest BCUT2D eigenvalue weighted by atomic mass is 9.93. The molecule has 4 aliphatic heterocycles. The highest BCUT2D eigenvalue weighted by atomic mass is 35.5. The van der Waals surface area contributed by atoms with Gasteiger partial charge in [0.2, 0.25) is 0 Å². The van der Waals surface area contributed by atoms with Crippen LogP contribution in [0, 0.1) is 30.1 Å². The van der Waals surface area contributed by atoms with Crippen molar-refractivity contribution >= 4 is 46.4 Å². The van der Waals surface area contributed by atoms with Gasteiger partial charge in [-0.05, 0) is 92.2 Å². The molecule has 0 bridgehead atoms. The molecule has 2 aromatic carbocycles. The van der Waals surface area contributed by atoms with Crippen LogP contribution in [-0.4, -0.2) is 49.8 Å². The highest BCUT2D eigenvalue weighted by Crippen LogP contribution is 2.51. The third-order valence-electron chi connectivity index (χ3n) is 11.5. The zero-order chi connectivity index (χ0) is 36.5. The first-order valence-electron chi connectivity index (χ1n) is 18.3. The molecular formula is C39H38Cl2N6O6. The number of nitrogens with zero attached hydrogens (tertiary/aromatic N) is 5. The van der Waals surface area contributed by atoms with Crippen molar-refractivity contribution in [3.63, 3.8) is 0 Å². The van der Waals surface area contributed by atoms with Crippen LogP contribution in [-0.2, 0) is 35.8 Å². The fourth-order valence-corrected chi connectivity index (χ4v) is 9.46. The minimum Gasteiger partial charge on any atom is -0.482 e. The number of rotatable bonds is 6. The SMILES string of the molecule is C#CCN1C(=O)C([C@H]2CC2CC2CCn3c(Cl)c(-c4ccc5c(c4)NC(=O)CO5)c(=O)n3CC2)Oc2ccc(-c3c(Cl)n4n(c3=O)CCCCC4)cc21. The predicted molar refractivity (Wildman–Crippen MR) is 201 cm³/mol. The number of halogens is 2. The normalized spacial score (nSPS) is 23.2. The van der Waals surface area contributed by atoms with E-state index >= 15 is 0 Å². The van der Waals surface area contributed by atoms with Gasteiger partial charge in [-0.1, -0.05) is 41.3 Å². The molecule has 53 heavy (non-hydrogen) atoms. The third kappa shape index (κ3) is 5.76. The molecule has 5 aliphatic rings. The van der Waals surface area contributed by atoms with Gasteiger partial charge in [0.15, 0.2) is 12.7 Å². The van der Waals surface area contributed by atoms with E-state index in [1.165, 1.54) is 0 Å². The number of carbonyl (C=O) groups is 2. The van der Waals surface area contributed by atoms with Gasteiger partial charge in [-0.2, -0.15) is 0 Å². The van der Waals surface area contributed by atoms with Crippen LogP contribution < -0.4 is 30.8 Å². The molecule has 0 spiro atoms. The molecule has 4 atom stereocenters. The monoisotopic (exact) mass is 756 g/mol. The molecule has 9 rings (SSSR count). The van der Waals surface area contributed by atoms with E-state index in [-0.39, 0.29) is 42.0 Å². The minimum absolute atomic E-state index is 0.0426. The number of ether oxygens (including phenoxy) is 2. The average Bonchev–Trinajstić information content (AvgIpc) is 3.91. The number of fused-ring (bicyclic) bond motifs is 4. The van der Waals surface area contributed by atoms with Crippen LogP contribution in [0.4, 0.5) is 11.4 Å². The summed E-state index contributed by atoms with van der Waals surface area (Å²) in [6.45, 7) is 2.45. The quantitative estimate of drug-likeness (QED) is 0.255. The second-order valence-electron chi connectivity index (χ2n) is 14.7. The summed E-state index contributed by atoms with van der Waals surface area (Å²) < 4.78 is 19.1. The molecule has 1 fully saturated rings. The Bertz CT molecular complexity index is 2350. The van der Waals surface area contributed by atoms with E-state index < -0.39 is 6.10 Å². The lowest BCUT2D eigenvalue weighted by Gasteiger charge is -2.34. The first kappa shape index (κ1) is 33.9. The highest BCUT2D eigenvalue weighted by Gasteiger charge is 2.51. The fraction of sp³-hybridized carbons (Fsp3) is 0.436. The van der Waals surface area contributed by atoms with Gasteiger partial charge < -0.3 is 14.8 Å². The zero-order valence-electron chi connectivity index (χ0n) is 29.0. The summed E-state index contributed by atoms with van der Waals surface area (Å²) in [6, 6.07) is 10.7. The van der Waals surface area contributed by atoms with E-state index in [1.54, 1.807) is 38.5 Å². The van der Waals surface area contributed by atoms with Crippen molar-refractivity contribution in [2.75, 3.05) is 23.4 Å². The maximum Gasteiger partial charge on any atom is 0.276 e. The van der Waals surface area contributed by atoms with Crippen molar-refractivity contribution in [3.8, 4) is 46.1 Å². The zero-order valence-corrected chi connectivity index (χ0v) is 30.5. The minimum atomic E-state index is -0.655. The first-order chi connectivity index (χ1) is 25.7. The number of terminal acetylenes is 1. The Labute approximate surface area is 315 Å². The molecule has 12 nitrogen and oxygen atoms in total. The van der Waals surface area contributed by atoms with Crippen molar-refractivity contribution in [3.05, 3.63) is 67.4 Å². The molecular weight excluding hydrogens is 719 g/mol. The number of nitrogens with one attached hydrogen (secondary N) is 1. The number of carbonyl (C=O) groups excluding carboxylic acids is 2. The van der Waals surface area contributed by atoms with Crippen molar-refractivity contribution in [1.82, 2.24) is 18.7 Å². The van der Waals surface area contributed by atoms with Gasteiger partial charge in [-0.3, -0.25) is 33.4 Å². The van der Waals surface area contributed by atoms with Crippen LogP contribution in [0.2, 0.25) is 10.3 Å². The third-order valence-corrected chi connectivity index (χ3v) is 12.3. The molecule has 3 unspecified atom stereocenters. The number of aromatic nitrogens is 4. The second-order valence-corrected chi connectivity index (χ2v) is 15.4. The standard InChI is InChI=1S/C39H38Cl2N6O6/c1-2-12-43-28-20-24(33-35(40)44-13-4-3-5-14-46(44)37(33)49)7-9-30(28)53-34(39(43)51)26-18-25(26)17-22-10-15-45-36(41)32(38(50)47(45)16-11-22)23-6-8-29-27(19-23)42-31(48)21-52-29/h1,6-9,19-20,22,25-26,34H,3-5,10-18,21H2,(H,42,48)/t22?,25?,26-,34?/m0/s1. The van der Waals surface area contributed by atoms with Gasteiger partial charge in [0, 0.05) is 32.1 Å². The van der Waals surface area contributed by atoms with Gasteiger partial charge in [0.05, 0.1) is 29.0 Å². The lowest BCUT2D eigenvalue weighted by Crippen LogP contribution is -2.47. The summed E-state index contributed by atoms with van der Waals surface area (Å²) in [7, 11) is 0. The summed E-state index contributed by atoms with van der Waals surface area (Å²) in [5.74, 6) is 4.01. The van der Waals surface area contributed by atoms with Crippen LogP contribution in [0.25, 0.3) is 22.3 Å². The second kappa shape index (κ2) is 13.2. The molecule has 14 heteroatoms. The lowest BCUT2D eigenvalue weighted by molar-refractivity contribution is -0.127. The Kier molecular flexibility index (Phi) is 8.46. The van der Waals surface area contributed by atoms with Crippen molar-refractivity contribution in [2.45, 2.75) is 77.2 Å². The molecule has 4 aromatic rings. The molecule has 0 radical (unpaired) electrons. The Balaban J connectivity index is 0.893. The molecule has 1 saturated carbocycles. The first-order valence-corrected chi connectivity index (χ1v) is 19.1. The summed E-state index contributed by atoms with van der Waals surface area (Å²) in [6.07, 6.45) is 11.5. The van der Waals surface area contributed by atoms with E-state index in [0.717, 1.165) is 44.9 Å². The number of hydrogen-bond acceptors (Lipinski definition) is 6. The van der Waals surface area contributed by atoms with Gasteiger partial charge >= 0.3 is 0 Å². The van der Waals surface area contributed by atoms with Crippen LogP contribution in [0.15, 0.2) is 46.0 Å². The van der Waals surface area contributed by atoms with Crippen molar-refractivity contribution in [1.29, 1.82) is 0 Å². The summed E-state index contributed by atoms with van der Waals surface area (Å²) in [5, 5.41) is 3.57. The topological polar surface area (TPSA) is 122 Å².